The molecule has 1 aromatic heterocycles. The summed E-state index contributed by atoms with van der Waals surface area (Å²) in [5.74, 6) is -0.477. The van der Waals surface area contributed by atoms with E-state index in [-0.39, 0.29) is 0 Å². The van der Waals surface area contributed by atoms with Crippen molar-refractivity contribution in [1.82, 2.24) is 10.3 Å². The molecular formula is C11H12BrN3O2. The van der Waals surface area contributed by atoms with Crippen LogP contribution >= 0.6 is 15.9 Å². The van der Waals surface area contributed by atoms with Gasteiger partial charge in [0, 0.05) is 28.6 Å². The van der Waals surface area contributed by atoms with Gasteiger partial charge in [-0.15, -0.1) is 0 Å². The molecule has 4 N–H and O–H groups in total. The molecule has 0 aliphatic carbocycles. The number of aliphatic hydroxyl groups is 1. The zero-order valence-corrected chi connectivity index (χ0v) is 10.7. The number of H-pyrrole nitrogens is 1. The minimum absolute atomic E-state index is 0.477. The SMILES string of the molecule is CNC(=O)C(O)Nc1c[nH]c2ccc(Br)cc12. The average Bonchev–Trinajstić information content (AvgIpc) is 2.71. The van der Waals surface area contributed by atoms with Gasteiger partial charge in [-0.3, -0.25) is 4.79 Å². The maximum absolute atomic E-state index is 11.2. The third-order valence-electron chi connectivity index (χ3n) is 2.43. The lowest BCUT2D eigenvalue weighted by Gasteiger charge is -2.11. The van der Waals surface area contributed by atoms with E-state index in [1.54, 1.807) is 6.20 Å². The lowest BCUT2D eigenvalue weighted by Crippen LogP contribution is -2.37. The minimum atomic E-state index is -1.27. The van der Waals surface area contributed by atoms with Crippen LogP contribution < -0.4 is 10.6 Å². The summed E-state index contributed by atoms with van der Waals surface area (Å²) in [5.41, 5.74) is 1.61. The topological polar surface area (TPSA) is 77.2 Å². The number of aliphatic hydroxyl groups excluding tert-OH is 1. The van der Waals surface area contributed by atoms with Gasteiger partial charge in [0.25, 0.3) is 5.91 Å². The smallest absolute Gasteiger partial charge is 0.269 e. The molecular weight excluding hydrogens is 286 g/mol. The Kier molecular flexibility index (Phi) is 3.35. The minimum Gasteiger partial charge on any atom is -0.366 e. The number of benzene rings is 1. The Morgan fingerprint density at radius 1 is 1.53 bits per heavy atom. The van der Waals surface area contributed by atoms with Gasteiger partial charge in [0.05, 0.1) is 5.69 Å². The molecule has 0 saturated heterocycles. The fourth-order valence-electron chi connectivity index (χ4n) is 1.56. The number of hydrogen-bond donors (Lipinski definition) is 4. The van der Waals surface area contributed by atoms with Crippen LogP contribution in [0.25, 0.3) is 10.9 Å². The number of aromatic nitrogens is 1. The molecule has 1 heterocycles. The zero-order chi connectivity index (χ0) is 12.4. The van der Waals surface area contributed by atoms with Gasteiger partial charge in [0.1, 0.15) is 0 Å². The lowest BCUT2D eigenvalue weighted by atomic mass is 10.2. The van der Waals surface area contributed by atoms with E-state index in [1.165, 1.54) is 7.05 Å². The first-order valence-corrected chi connectivity index (χ1v) is 5.84. The molecule has 2 aromatic rings. The number of fused-ring (bicyclic) bond motifs is 1. The third kappa shape index (κ3) is 2.42. The predicted molar refractivity (Wildman–Crippen MR) is 69.7 cm³/mol. The van der Waals surface area contributed by atoms with E-state index in [0.717, 1.165) is 15.4 Å². The largest absolute Gasteiger partial charge is 0.366 e. The Hall–Kier alpha value is -1.53. The number of anilines is 1. The zero-order valence-electron chi connectivity index (χ0n) is 9.12. The van der Waals surface area contributed by atoms with Gasteiger partial charge in [0.2, 0.25) is 6.23 Å². The highest BCUT2D eigenvalue weighted by atomic mass is 79.9. The van der Waals surface area contributed by atoms with E-state index in [2.05, 4.69) is 31.5 Å². The first-order valence-electron chi connectivity index (χ1n) is 5.04. The van der Waals surface area contributed by atoms with E-state index in [0.29, 0.717) is 5.69 Å². The monoisotopic (exact) mass is 297 g/mol. The predicted octanol–water partition coefficient (Wildman–Crippen LogP) is 1.41. The van der Waals surface area contributed by atoms with Gasteiger partial charge in [-0.1, -0.05) is 15.9 Å². The number of hydrogen-bond acceptors (Lipinski definition) is 3. The molecule has 1 amide bonds. The van der Waals surface area contributed by atoms with Crippen molar-refractivity contribution in [1.29, 1.82) is 0 Å². The fraction of sp³-hybridized carbons (Fsp3) is 0.182. The number of halogens is 1. The highest BCUT2D eigenvalue weighted by Gasteiger charge is 2.14. The van der Waals surface area contributed by atoms with Crippen LogP contribution in [-0.2, 0) is 4.79 Å². The van der Waals surface area contributed by atoms with Crippen molar-refractivity contribution in [2.75, 3.05) is 12.4 Å². The summed E-state index contributed by atoms with van der Waals surface area (Å²) in [5, 5.41) is 15.6. The van der Waals surface area contributed by atoms with Crippen LogP contribution in [0.3, 0.4) is 0 Å². The Morgan fingerprint density at radius 2 is 2.29 bits per heavy atom. The molecule has 0 aliphatic heterocycles. The molecule has 5 nitrogen and oxygen atoms in total. The number of amides is 1. The van der Waals surface area contributed by atoms with Crippen molar-refractivity contribution in [2.45, 2.75) is 6.23 Å². The van der Waals surface area contributed by atoms with Gasteiger partial charge < -0.3 is 20.7 Å². The van der Waals surface area contributed by atoms with E-state index in [4.69, 9.17) is 0 Å². The van der Waals surface area contributed by atoms with Crippen LogP contribution in [-0.4, -0.2) is 29.3 Å². The quantitative estimate of drug-likeness (QED) is 0.647. The van der Waals surface area contributed by atoms with Crippen LogP contribution in [0.4, 0.5) is 5.69 Å². The van der Waals surface area contributed by atoms with Gasteiger partial charge in [-0.2, -0.15) is 0 Å². The molecule has 1 aromatic carbocycles. The van der Waals surface area contributed by atoms with Crippen LogP contribution in [0.5, 0.6) is 0 Å². The van der Waals surface area contributed by atoms with Crippen LogP contribution in [0.1, 0.15) is 0 Å². The standard InChI is InChI=1S/C11H12BrN3O2/c1-13-10(16)11(17)15-9-5-14-8-3-2-6(12)4-7(8)9/h2-5,11,14-15,17H,1H3,(H,13,16). The first-order chi connectivity index (χ1) is 8.11. The summed E-state index contributed by atoms with van der Waals surface area (Å²) in [7, 11) is 1.47. The van der Waals surface area contributed by atoms with Gasteiger partial charge in [-0.05, 0) is 18.2 Å². The van der Waals surface area contributed by atoms with Crippen molar-refractivity contribution in [3.63, 3.8) is 0 Å². The summed E-state index contributed by atoms with van der Waals surface area (Å²) in [6.07, 6.45) is 0.446. The van der Waals surface area contributed by atoms with Gasteiger partial charge >= 0.3 is 0 Å². The summed E-state index contributed by atoms with van der Waals surface area (Å²) in [6, 6.07) is 5.74. The number of aromatic amines is 1. The second-order valence-corrected chi connectivity index (χ2v) is 4.47. The average molecular weight is 298 g/mol. The Bertz CT molecular complexity index is 553. The van der Waals surface area contributed by atoms with Crippen molar-refractivity contribution in [3.8, 4) is 0 Å². The van der Waals surface area contributed by atoms with Crippen LogP contribution in [0, 0.1) is 0 Å². The molecule has 0 spiro atoms. The molecule has 6 heteroatoms. The molecule has 1 unspecified atom stereocenters. The molecule has 0 aliphatic rings. The number of carbonyl (C=O) groups excluding carboxylic acids is 1. The first kappa shape index (κ1) is 11.9. The number of rotatable bonds is 3. The molecule has 0 saturated carbocycles. The second-order valence-electron chi connectivity index (χ2n) is 3.55. The second kappa shape index (κ2) is 4.77. The fourth-order valence-corrected chi connectivity index (χ4v) is 1.92. The normalized spacial score (nSPS) is 12.4. The number of carbonyl (C=O) groups is 1. The van der Waals surface area contributed by atoms with Crippen molar-refractivity contribution < 1.29 is 9.90 Å². The molecule has 0 fully saturated rings. The summed E-state index contributed by atoms with van der Waals surface area (Å²) < 4.78 is 0.932. The highest BCUT2D eigenvalue weighted by molar-refractivity contribution is 9.10. The molecule has 90 valence electrons. The van der Waals surface area contributed by atoms with Gasteiger partial charge in [-0.25, -0.2) is 0 Å². The van der Waals surface area contributed by atoms with Crippen LogP contribution in [0.2, 0.25) is 0 Å². The molecule has 17 heavy (non-hydrogen) atoms. The summed E-state index contributed by atoms with van der Waals surface area (Å²) >= 11 is 3.38. The summed E-state index contributed by atoms with van der Waals surface area (Å²) in [6.45, 7) is 0. The maximum Gasteiger partial charge on any atom is 0.269 e. The van der Waals surface area contributed by atoms with E-state index >= 15 is 0 Å². The van der Waals surface area contributed by atoms with Crippen molar-refractivity contribution >= 4 is 38.4 Å². The van der Waals surface area contributed by atoms with E-state index < -0.39 is 12.1 Å². The maximum atomic E-state index is 11.2. The number of nitrogens with one attached hydrogen (secondary N) is 3. The molecule has 0 radical (unpaired) electrons. The third-order valence-corrected chi connectivity index (χ3v) is 2.92. The van der Waals surface area contributed by atoms with Crippen molar-refractivity contribution in [3.05, 3.63) is 28.9 Å². The van der Waals surface area contributed by atoms with Crippen molar-refractivity contribution in [2.24, 2.45) is 0 Å². The van der Waals surface area contributed by atoms with Crippen LogP contribution in [0.15, 0.2) is 28.9 Å². The highest BCUT2D eigenvalue weighted by Crippen LogP contribution is 2.26. The Labute approximate surface area is 106 Å². The van der Waals surface area contributed by atoms with Gasteiger partial charge in [0.15, 0.2) is 0 Å². The van der Waals surface area contributed by atoms with E-state index in [1.807, 2.05) is 18.2 Å². The molecule has 2 rings (SSSR count). The molecule has 1 atom stereocenters. The Morgan fingerprint density at radius 3 is 3.00 bits per heavy atom. The number of likely N-dealkylation sites (N-methyl/N-ethyl adjacent to an activating group) is 1. The molecule has 0 bridgehead atoms. The summed E-state index contributed by atoms with van der Waals surface area (Å²) in [4.78, 5) is 14.2. The Balaban J connectivity index is 2.30. The van der Waals surface area contributed by atoms with E-state index in [9.17, 15) is 9.90 Å². The lowest BCUT2D eigenvalue weighted by molar-refractivity contribution is -0.127.